The Balaban J connectivity index is 1.56. The van der Waals surface area contributed by atoms with E-state index in [9.17, 15) is 4.79 Å². The first-order chi connectivity index (χ1) is 12.2. The molecule has 0 saturated heterocycles. The van der Waals surface area contributed by atoms with E-state index >= 15 is 0 Å². The molecule has 0 fully saturated rings. The van der Waals surface area contributed by atoms with E-state index in [4.69, 9.17) is 9.47 Å². The van der Waals surface area contributed by atoms with Crippen LogP contribution in [0.5, 0.6) is 11.5 Å². The van der Waals surface area contributed by atoms with Crippen LogP contribution in [0.1, 0.15) is 15.4 Å². The summed E-state index contributed by atoms with van der Waals surface area (Å²) in [5.74, 6) is 1.11. The van der Waals surface area contributed by atoms with Gasteiger partial charge in [0.1, 0.15) is 23.9 Å². The van der Waals surface area contributed by atoms with Gasteiger partial charge in [-0.3, -0.25) is 4.79 Å². The second-order valence-electron chi connectivity index (χ2n) is 5.60. The number of benzene rings is 2. The lowest BCUT2D eigenvalue weighted by atomic mass is 10.2. The van der Waals surface area contributed by atoms with Crippen molar-refractivity contribution < 1.29 is 14.3 Å². The number of ether oxygens (including phenoxy) is 2. The predicted molar refractivity (Wildman–Crippen MR) is 97.7 cm³/mol. The lowest BCUT2D eigenvalue weighted by Crippen LogP contribution is -2.17. The zero-order valence-corrected chi connectivity index (χ0v) is 14.4. The molecule has 25 heavy (non-hydrogen) atoms. The third-order valence-corrected chi connectivity index (χ3v) is 4.85. The monoisotopic (exact) mass is 352 g/mol. The fourth-order valence-electron chi connectivity index (χ4n) is 2.62. The minimum atomic E-state index is -0.229. The third-order valence-electron chi connectivity index (χ3n) is 3.83. The summed E-state index contributed by atoms with van der Waals surface area (Å²) >= 11 is 1.51. The fourth-order valence-corrected chi connectivity index (χ4v) is 3.54. The zero-order valence-electron chi connectivity index (χ0n) is 13.6. The Morgan fingerprint density at radius 1 is 1.08 bits per heavy atom. The molecule has 0 radical (unpaired) electrons. The summed E-state index contributed by atoms with van der Waals surface area (Å²) in [4.78, 5) is 18.0. The van der Waals surface area contributed by atoms with E-state index in [1.54, 1.807) is 18.2 Å². The molecule has 0 saturated carbocycles. The summed E-state index contributed by atoms with van der Waals surface area (Å²) in [6, 6.07) is 15.2. The first-order valence-corrected chi connectivity index (χ1v) is 8.76. The SMILES string of the molecule is Cc1sc(-c2ccccc2)nc1C(=O)Nc1ccc2c(c1)OCCO2. The highest BCUT2D eigenvalue weighted by molar-refractivity contribution is 7.15. The molecule has 126 valence electrons. The number of rotatable bonds is 3. The molecule has 1 N–H and O–H groups in total. The third kappa shape index (κ3) is 3.21. The number of nitrogens with one attached hydrogen (secondary N) is 1. The molecule has 0 spiro atoms. The van der Waals surface area contributed by atoms with Crippen molar-refractivity contribution in [2.24, 2.45) is 0 Å². The van der Waals surface area contributed by atoms with Crippen LogP contribution in [0.2, 0.25) is 0 Å². The maximum Gasteiger partial charge on any atom is 0.275 e. The summed E-state index contributed by atoms with van der Waals surface area (Å²) in [5, 5.41) is 3.72. The molecule has 2 heterocycles. The summed E-state index contributed by atoms with van der Waals surface area (Å²) in [5.41, 5.74) is 2.11. The largest absolute Gasteiger partial charge is 0.486 e. The van der Waals surface area contributed by atoms with Crippen molar-refractivity contribution in [2.75, 3.05) is 18.5 Å². The highest BCUT2D eigenvalue weighted by Crippen LogP contribution is 2.33. The number of anilines is 1. The number of hydrogen-bond donors (Lipinski definition) is 1. The minimum Gasteiger partial charge on any atom is -0.486 e. The number of fused-ring (bicyclic) bond motifs is 1. The van der Waals surface area contributed by atoms with Gasteiger partial charge < -0.3 is 14.8 Å². The number of carbonyl (C=O) groups is 1. The summed E-state index contributed by atoms with van der Waals surface area (Å²) in [6.45, 7) is 2.96. The molecule has 6 heteroatoms. The molecule has 0 unspecified atom stereocenters. The molecule has 1 amide bonds. The Hall–Kier alpha value is -2.86. The molecule has 1 aliphatic heterocycles. The Morgan fingerprint density at radius 2 is 1.84 bits per heavy atom. The summed E-state index contributed by atoms with van der Waals surface area (Å²) < 4.78 is 11.0. The molecule has 4 rings (SSSR count). The molecule has 1 aromatic heterocycles. The normalized spacial score (nSPS) is 12.7. The van der Waals surface area contributed by atoms with Crippen molar-refractivity contribution in [3.05, 3.63) is 59.1 Å². The van der Waals surface area contributed by atoms with Crippen LogP contribution < -0.4 is 14.8 Å². The number of thiazole rings is 1. The van der Waals surface area contributed by atoms with Gasteiger partial charge in [0.25, 0.3) is 5.91 Å². The fraction of sp³-hybridized carbons (Fsp3) is 0.158. The highest BCUT2D eigenvalue weighted by atomic mass is 32.1. The summed E-state index contributed by atoms with van der Waals surface area (Å²) in [7, 11) is 0. The maximum absolute atomic E-state index is 12.6. The van der Waals surface area contributed by atoms with Gasteiger partial charge in [-0.05, 0) is 19.1 Å². The average Bonchev–Trinajstić information content (AvgIpc) is 3.04. The van der Waals surface area contributed by atoms with Crippen LogP contribution in [-0.4, -0.2) is 24.1 Å². The molecule has 3 aromatic rings. The lowest BCUT2D eigenvalue weighted by molar-refractivity contribution is 0.102. The van der Waals surface area contributed by atoms with Gasteiger partial charge in [0, 0.05) is 22.2 Å². The van der Waals surface area contributed by atoms with Crippen LogP contribution in [-0.2, 0) is 0 Å². The van der Waals surface area contributed by atoms with E-state index in [0.29, 0.717) is 36.1 Å². The number of aryl methyl sites for hydroxylation is 1. The molecular formula is C19H16N2O3S. The Labute approximate surface area is 149 Å². The molecule has 5 nitrogen and oxygen atoms in total. The molecule has 0 aliphatic carbocycles. The smallest absolute Gasteiger partial charge is 0.275 e. The Kier molecular flexibility index (Phi) is 4.11. The maximum atomic E-state index is 12.6. The molecule has 0 atom stereocenters. The van der Waals surface area contributed by atoms with E-state index in [1.807, 2.05) is 37.3 Å². The number of amides is 1. The van der Waals surface area contributed by atoms with Crippen LogP contribution in [0.25, 0.3) is 10.6 Å². The van der Waals surface area contributed by atoms with Crippen LogP contribution >= 0.6 is 11.3 Å². The Morgan fingerprint density at radius 3 is 2.64 bits per heavy atom. The van der Waals surface area contributed by atoms with Gasteiger partial charge in [0.15, 0.2) is 11.5 Å². The second-order valence-corrected chi connectivity index (χ2v) is 6.81. The van der Waals surface area contributed by atoms with E-state index in [1.165, 1.54) is 11.3 Å². The first-order valence-electron chi connectivity index (χ1n) is 7.94. The van der Waals surface area contributed by atoms with Crippen molar-refractivity contribution >= 4 is 22.9 Å². The van der Waals surface area contributed by atoms with Crippen molar-refractivity contribution in [3.8, 4) is 22.1 Å². The van der Waals surface area contributed by atoms with Gasteiger partial charge in [-0.15, -0.1) is 11.3 Å². The van der Waals surface area contributed by atoms with Crippen molar-refractivity contribution in [2.45, 2.75) is 6.92 Å². The van der Waals surface area contributed by atoms with Gasteiger partial charge in [0.05, 0.1) is 0 Å². The molecule has 0 bridgehead atoms. The lowest BCUT2D eigenvalue weighted by Gasteiger charge is -2.18. The van der Waals surface area contributed by atoms with Gasteiger partial charge in [-0.25, -0.2) is 4.98 Å². The highest BCUT2D eigenvalue weighted by Gasteiger charge is 2.18. The second kappa shape index (κ2) is 6.57. The van der Waals surface area contributed by atoms with Crippen LogP contribution in [0, 0.1) is 6.92 Å². The Bertz CT molecular complexity index is 922. The van der Waals surface area contributed by atoms with E-state index in [-0.39, 0.29) is 5.91 Å². The first kappa shape index (κ1) is 15.7. The van der Waals surface area contributed by atoms with E-state index in [0.717, 1.165) is 15.4 Å². The van der Waals surface area contributed by atoms with Gasteiger partial charge in [-0.1, -0.05) is 30.3 Å². The van der Waals surface area contributed by atoms with E-state index < -0.39 is 0 Å². The molecule has 1 aliphatic rings. The van der Waals surface area contributed by atoms with E-state index in [2.05, 4.69) is 10.3 Å². The number of aromatic nitrogens is 1. The van der Waals surface area contributed by atoms with Gasteiger partial charge in [0.2, 0.25) is 0 Å². The number of nitrogens with zero attached hydrogens (tertiary/aromatic N) is 1. The van der Waals surface area contributed by atoms with Crippen LogP contribution in [0.4, 0.5) is 5.69 Å². The summed E-state index contributed by atoms with van der Waals surface area (Å²) in [6.07, 6.45) is 0. The molecule has 2 aromatic carbocycles. The average molecular weight is 352 g/mol. The minimum absolute atomic E-state index is 0.229. The predicted octanol–water partition coefficient (Wildman–Crippen LogP) is 4.14. The van der Waals surface area contributed by atoms with Crippen LogP contribution in [0.15, 0.2) is 48.5 Å². The van der Waals surface area contributed by atoms with Gasteiger partial charge >= 0.3 is 0 Å². The van der Waals surface area contributed by atoms with Crippen molar-refractivity contribution in [1.82, 2.24) is 4.98 Å². The standard InChI is InChI=1S/C19H16N2O3S/c1-12-17(21-19(25-12)13-5-3-2-4-6-13)18(22)20-14-7-8-15-16(11-14)24-10-9-23-15/h2-8,11H,9-10H2,1H3,(H,20,22). The van der Waals surface area contributed by atoms with Gasteiger partial charge in [-0.2, -0.15) is 0 Å². The zero-order chi connectivity index (χ0) is 17.2. The van der Waals surface area contributed by atoms with Crippen LogP contribution in [0.3, 0.4) is 0 Å². The molecular weight excluding hydrogens is 336 g/mol. The van der Waals surface area contributed by atoms with Crippen molar-refractivity contribution in [3.63, 3.8) is 0 Å². The number of carbonyl (C=O) groups excluding carboxylic acids is 1. The number of hydrogen-bond acceptors (Lipinski definition) is 5. The quantitative estimate of drug-likeness (QED) is 0.769. The topological polar surface area (TPSA) is 60.5 Å². The van der Waals surface area contributed by atoms with Crippen molar-refractivity contribution in [1.29, 1.82) is 0 Å².